The molecule has 0 radical (unpaired) electrons. The first-order valence-corrected chi connectivity index (χ1v) is 6.33. The van der Waals surface area contributed by atoms with Crippen molar-refractivity contribution in [2.45, 2.75) is 39.3 Å². The number of nitrogens with two attached hydrogens (primary N) is 1. The fourth-order valence-electron chi connectivity index (χ4n) is 1.49. The lowest BCUT2D eigenvalue weighted by molar-refractivity contribution is -0.123. The van der Waals surface area contributed by atoms with Gasteiger partial charge in [0.15, 0.2) is 0 Å². The summed E-state index contributed by atoms with van der Waals surface area (Å²) in [7, 11) is 0. The van der Waals surface area contributed by atoms with Crippen LogP contribution < -0.4 is 11.1 Å². The van der Waals surface area contributed by atoms with E-state index in [9.17, 15) is 4.79 Å². The average molecular weight is 240 g/mol. The molecule has 0 bridgehead atoms. The van der Waals surface area contributed by atoms with Crippen LogP contribution in [-0.2, 0) is 4.79 Å². The Morgan fingerprint density at radius 3 is 2.50 bits per heavy atom. The molecule has 0 aliphatic rings. The summed E-state index contributed by atoms with van der Waals surface area (Å²) >= 11 is 1.70. The van der Waals surface area contributed by atoms with Gasteiger partial charge < -0.3 is 5.73 Å². The minimum atomic E-state index is -0.682. The second-order valence-corrected chi connectivity index (χ2v) is 5.85. The lowest BCUT2D eigenvalue weighted by atomic mass is 9.96. The predicted molar refractivity (Wildman–Crippen MR) is 68.3 cm³/mol. The Labute approximate surface area is 101 Å². The molecule has 0 saturated heterocycles. The standard InChI is InChI=1S/C12H20N2OS/c1-8(2)10(9-6-5-7-16-9)14-12(3,4)11(13)15/h5-8,10,14H,1-4H3,(H2,13,15). The van der Waals surface area contributed by atoms with E-state index in [0.29, 0.717) is 5.92 Å². The van der Waals surface area contributed by atoms with Gasteiger partial charge in [-0.3, -0.25) is 10.1 Å². The van der Waals surface area contributed by atoms with Crippen molar-refractivity contribution in [2.75, 3.05) is 0 Å². The maximum absolute atomic E-state index is 11.3. The molecule has 3 N–H and O–H groups in total. The zero-order chi connectivity index (χ0) is 12.3. The molecule has 4 heteroatoms. The molecule has 1 amide bonds. The Hall–Kier alpha value is -0.870. The van der Waals surface area contributed by atoms with E-state index in [2.05, 4.69) is 25.2 Å². The van der Waals surface area contributed by atoms with Gasteiger partial charge in [-0.2, -0.15) is 0 Å². The minimum absolute atomic E-state index is 0.169. The zero-order valence-electron chi connectivity index (χ0n) is 10.3. The molecule has 1 aromatic heterocycles. The van der Waals surface area contributed by atoms with Crippen LogP contribution in [0.25, 0.3) is 0 Å². The van der Waals surface area contributed by atoms with Gasteiger partial charge in [0.1, 0.15) is 0 Å². The number of amides is 1. The molecule has 1 atom stereocenters. The van der Waals surface area contributed by atoms with E-state index in [-0.39, 0.29) is 11.9 Å². The van der Waals surface area contributed by atoms with Gasteiger partial charge in [-0.15, -0.1) is 11.3 Å². The molecule has 90 valence electrons. The fraction of sp³-hybridized carbons (Fsp3) is 0.583. The predicted octanol–water partition coefficient (Wildman–Crippen LogP) is 2.30. The summed E-state index contributed by atoms with van der Waals surface area (Å²) in [4.78, 5) is 12.6. The first-order chi connectivity index (χ1) is 7.34. The summed E-state index contributed by atoms with van der Waals surface area (Å²) in [6, 6.07) is 4.27. The average Bonchev–Trinajstić information content (AvgIpc) is 2.66. The van der Waals surface area contributed by atoms with Crippen molar-refractivity contribution in [3.63, 3.8) is 0 Å². The van der Waals surface area contributed by atoms with Crippen LogP contribution in [0.1, 0.15) is 38.6 Å². The van der Waals surface area contributed by atoms with Crippen LogP contribution in [-0.4, -0.2) is 11.4 Å². The molecule has 0 spiro atoms. The lowest BCUT2D eigenvalue weighted by Crippen LogP contribution is -2.52. The van der Waals surface area contributed by atoms with Crippen molar-refractivity contribution in [2.24, 2.45) is 11.7 Å². The molecule has 16 heavy (non-hydrogen) atoms. The van der Waals surface area contributed by atoms with E-state index in [0.717, 1.165) is 0 Å². The number of hydrogen-bond donors (Lipinski definition) is 2. The summed E-state index contributed by atoms with van der Waals surface area (Å²) in [5.74, 6) is 0.0898. The highest BCUT2D eigenvalue weighted by Gasteiger charge is 2.30. The van der Waals surface area contributed by atoms with E-state index in [1.807, 2.05) is 25.3 Å². The molecule has 0 aliphatic carbocycles. The first kappa shape index (κ1) is 13.2. The Morgan fingerprint density at radius 2 is 2.12 bits per heavy atom. The summed E-state index contributed by atoms with van der Waals surface area (Å²) in [6.07, 6.45) is 0. The highest BCUT2D eigenvalue weighted by Crippen LogP contribution is 2.27. The number of carbonyl (C=O) groups excluding carboxylic acids is 1. The van der Waals surface area contributed by atoms with E-state index in [4.69, 9.17) is 5.73 Å². The van der Waals surface area contributed by atoms with Crippen molar-refractivity contribution < 1.29 is 4.79 Å². The third kappa shape index (κ3) is 3.06. The number of rotatable bonds is 5. The van der Waals surface area contributed by atoms with Gasteiger partial charge in [0.05, 0.1) is 5.54 Å². The molecule has 0 fully saturated rings. The molecule has 0 saturated carbocycles. The third-order valence-electron chi connectivity index (χ3n) is 2.65. The number of primary amides is 1. The second kappa shape index (κ2) is 4.97. The van der Waals surface area contributed by atoms with Gasteiger partial charge in [0.25, 0.3) is 0 Å². The zero-order valence-corrected chi connectivity index (χ0v) is 11.1. The van der Waals surface area contributed by atoms with Crippen molar-refractivity contribution in [3.8, 4) is 0 Å². The number of hydrogen-bond acceptors (Lipinski definition) is 3. The largest absolute Gasteiger partial charge is 0.368 e. The number of carbonyl (C=O) groups is 1. The summed E-state index contributed by atoms with van der Waals surface area (Å²) in [6.45, 7) is 7.90. The van der Waals surface area contributed by atoms with Gasteiger partial charge >= 0.3 is 0 Å². The van der Waals surface area contributed by atoms with Crippen molar-refractivity contribution in [3.05, 3.63) is 22.4 Å². The summed E-state index contributed by atoms with van der Waals surface area (Å²) in [5, 5.41) is 5.38. The van der Waals surface area contributed by atoms with Gasteiger partial charge in [0.2, 0.25) is 5.91 Å². The summed E-state index contributed by atoms with van der Waals surface area (Å²) < 4.78 is 0. The Morgan fingerprint density at radius 1 is 1.50 bits per heavy atom. The maximum atomic E-state index is 11.3. The van der Waals surface area contributed by atoms with Crippen LogP contribution in [0, 0.1) is 5.92 Å². The molecule has 1 rings (SSSR count). The van der Waals surface area contributed by atoms with Crippen molar-refractivity contribution >= 4 is 17.2 Å². The first-order valence-electron chi connectivity index (χ1n) is 5.45. The van der Waals surface area contributed by atoms with E-state index in [1.165, 1.54) is 4.88 Å². The highest BCUT2D eigenvalue weighted by molar-refractivity contribution is 7.10. The summed E-state index contributed by atoms with van der Waals surface area (Å²) in [5.41, 5.74) is 4.69. The molecule has 0 aromatic carbocycles. The van der Waals surface area contributed by atoms with Gasteiger partial charge in [-0.1, -0.05) is 19.9 Å². The minimum Gasteiger partial charge on any atom is -0.368 e. The molecule has 0 aliphatic heterocycles. The van der Waals surface area contributed by atoms with E-state index < -0.39 is 5.54 Å². The smallest absolute Gasteiger partial charge is 0.237 e. The van der Waals surface area contributed by atoms with Gasteiger partial charge in [-0.25, -0.2) is 0 Å². The molecular formula is C12H20N2OS. The normalized spacial score (nSPS) is 14.1. The van der Waals surface area contributed by atoms with E-state index >= 15 is 0 Å². The van der Waals surface area contributed by atoms with Gasteiger partial charge in [-0.05, 0) is 31.2 Å². The fourth-order valence-corrected chi connectivity index (χ4v) is 2.44. The Balaban J connectivity index is 2.86. The van der Waals surface area contributed by atoms with Crippen LogP contribution >= 0.6 is 11.3 Å². The van der Waals surface area contributed by atoms with Gasteiger partial charge in [0, 0.05) is 10.9 Å². The number of nitrogens with one attached hydrogen (secondary N) is 1. The molecule has 1 aromatic rings. The SMILES string of the molecule is CC(C)C(NC(C)(C)C(N)=O)c1cccs1. The molecule has 3 nitrogen and oxygen atoms in total. The Kier molecular flexibility index (Phi) is 4.10. The van der Waals surface area contributed by atoms with Crippen molar-refractivity contribution in [1.82, 2.24) is 5.32 Å². The molecule has 1 heterocycles. The van der Waals surface area contributed by atoms with Crippen LogP contribution in [0.5, 0.6) is 0 Å². The van der Waals surface area contributed by atoms with Crippen LogP contribution in [0.3, 0.4) is 0 Å². The lowest BCUT2D eigenvalue weighted by Gasteiger charge is -2.31. The topological polar surface area (TPSA) is 55.1 Å². The quantitative estimate of drug-likeness (QED) is 0.829. The number of thiophene rings is 1. The van der Waals surface area contributed by atoms with Crippen LogP contribution in [0.2, 0.25) is 0 Å². The van der Waals surface area contributed by atoms with Crippen LogP contribution in [0.15, 0.2) is 17.5 Å². The maximum Gasteiger partial charge on any atom is 0.237 e. The monoisotopic (exact) mass is 240 g/mol. The molecule has 1 unspecified atom stereocenters. The van der Waals surface area contributed by atoms with E-state index in [1.54, 1.807) is 11.3 Å². The molecular weight excluding hydrogens is 220 g/mol. The Bertz CT molecular complexity index is 344. The second-order valence-electron chi connectivity index (χ2n) is 4.87. The van der Waals surface area contributed by atoms with Crippen LogP contribution in [0.4, 0.5) is 0 Å². The third-order valence-corrected chi connectivity index (χ3v) is 3.60. The van der Waals surface area contributed by atoms with Crippen molar-refractivity contribution in [1.29, 1.82) is 0 Å². The highest BCUT2D eigenvalue weighted by atomic mass is 32.1.